The van der Waals surface area contributed by atoms with Crippen LogP contribution in [0.2, 0.25) is 0 Å². The Balaban J connectivity index is 3.48. The lowest BCUT2D eigenvalue weighted by Crippen LogP contribution is -2.55. The smallest absolute Gasteiger partial charge is 0.262 e. The van der Waals surface area contributed by atoms with Gasteiger partial charge in [0, 0.05) is 14.0 Å². The van der Waals surface area contributed by atoms with Crippen LogP contribution in [0.25, 0.3) is 0 Å². The lowest BCUT2D eigenvalue weighted by atomic mass is 9.86. The Kier molecular flexibility index (Phi) is 7.60. The minimum absolute atomic E-state index is 0.0202. The Morgan fingerprint density at radius 2 is 2.04 bits per heavy atom. The van der Waals surface area contributed by atoms with Gasteiger partial charge in [0.15, 0.2) is 0 Å². The fourth-order valence-electron chi connectivity index (χ4n) is 2.76. The minimum Gasteiger partial charge on any atom is -0.497 e. The van der Waals surface area contributed by atoms with Crippen LogP contribution in [0.15, 0.2) is 29.2 Å². The molecule has 1 aromatic carbocycles. The Bertz CT molecular complexity index is 755. The first-order valence-electron chi connectivity index (χ1n) is 9.25. The highest BCUT2D eigenvalue weighted by Crippen LogP contribution is 2.31. The van der Waals surface area contributed by atoms with Gasteiger partial charge >= 0.3 is 0 Å². The van der Waals surface area contributed by atoms with Crippen molar-refractivity contribution >= 4 is 15.9 Å². The van der Waals surface area contributed by atoms with Crippen molar-refractivity contribution in [2.24, 2.45) is 5.41 Å². The number of sulfonamides is 1. The molecule has 0 aliphatic rings. The first-order valence-corrected chi connectivity index (χ1v) is 9.99. The minimum atomic E-state index is -4.10. The van der Waals surface area contributed by atoms with Crippen molar-refractivity contribution in [3.63, 3.8) is 0 Å². The maximum atomic E-state index is 13.4. The molecule has 8 nitrogen and oxygen atoms in total. The molecule has 2 N–H and O–H groups in total. The van der Waals surface area contributed by atoms with Crippen LogP contribution in [0, 0.1) is 5.41 Å². The monoisotopic (exact) mass is 402 g/mol. The van der Waals surface area contributed by atoms with Gasteiger partial charge < -0.3 is 9.64 Å². The summed E-state index contributed by atoms with van der Waals surface area (Å²) in [5.74, 6) is -0.495. The first kappa shape index (κ1) is 21.6. The predicted octanol–water partition coefficient (Wildman–Crippen LogP) is 1.56. The van der Waals surface area contributed by atoms with Crippen molar-refractivity contribution in [3.8, 4) is 5.75 Å². The molecular formula is C18H31N3O5S. The molecule has 0 saturated carbocycles. The van der Waals surface area contributed by atoms with E-state index >= 15 is 0 Å². The largest absolute Gasteiger partial charge is 0.497 e. The fourth-order valence-corrected chi connectivity index (χ4v) is 4.58. The molecule has 0 spiro atoms. The summed E-state index contributed by atoms with van der Waals surface area (Å²) >= 11 is 0. The molecule has 0 fully saturated rings. The number of hydrogen-bond donors (Lipinski definition) is 2. The van der Waals surface area contributed by atoms with Crippen molar-refractivity contribution in [1.82, 2.24) is 14.7 Å². The number of carbonyl (C=O) groups excluding carboxylic acids is 1. The highest BCUT2D eigenvalue weighted by atomic mass is 32.2. The van der Waals surface area contributed by atoms with Gasteiger partial charge in [0.1, 0.15) is 11.8 Å². The Labute approximate surface area is 163 Å². The molecule has 0 unspecified atom stereocenters. The molecule has 9 heteroatoms. The third-order valence-electron chi connectivity index (χ3n) is 4.02. The normalized spacial score (nSPS) is 14.1. The van der Waals surface area contributed by atoms with Crippen LogP contribution in [0.5, 0.6) is 5.75 Å². The molecule has 1 atom stereocenters. The van der Waals surface area contributed by atoms with Gasteiger partial charge in [0.25, 0.3) is 5.91 Å². The van der Waals surface area contributed by atoms with E-state index in [1.54, 1.807) is 31.5 Å². The summed E-state index contributed by atoms with van der Waals surface area (Å²) in [6.45, 7) is 3.71. The Hall–Kier alpha value is -1.68. The summed E-state index contributed by atoms with van der Waals surface area (Å²) in [6, 6.07) is 4.74. The summed E-state index contributed by atoms with van der Waals surface area (Å²) in [5, 5.41) is 9.23. The highest BCUT2D eigenvalue weighted by molar-refractivity contribution is 7.89. The van der Waals surface area contributed by atoms with Gasteiger partial charge in [-0.2, -0.15) is 4.31 Å². The summed E-state index contributed by atoms with van der Waals surface area (Å²) in [7, 11) is 1.07. The number of methoxy groups -OCH3 is 1. The van der Waals surface area contributed by atoms with Crippen molar-refractivity contribution < 1.29 is 24.5 Å². The average molecular weight is 403 g/mol. The summed E-state index contributed by atoms with van der Waals surface area (Å²) in [5.41, 5.74) is 0.537. The summed E-state index contributed by atoms with van der Waals surface area (Å²) in [4.78, 5) is 14.4. The third-order valence-corrected chi connectivity index (χ3v) is 5.88. The first-order chi connectivity index (χ1) is 13.0. The van der Waals surface area contributed by atoms with Crippen molar-refractivity contribution in [1.29, 1.82) is 0 Å². The van der Waals surface area contributed by atoms with Crippen LogP contribution in [0.4, 0.5) is 0 Å². The predicted molar refractivity (Wildman–Crippen MR) is 103 cm³/mol. The Morgan fingerprint density at radius 1 is 1.37 bits per heavy atom. The second kappa shape index (κ2) is 9.50. The van der Waals surface area contributed by atoms with Gasteiger partial charge in [-0.05, 0) is 44.6 Å². The van der Waals surface area contributed by atoms with E-state index in [0.29, 0.717) is 18.7 Å². The van der Waals surface area contributed by atoms with E-state index in [0.717, 1.165) is 4.31 Å². The van der Waals surface area contributed by atoms with Gasteiger partial charge in [-0.25, -0.2) is 13.9 Å². The second-order valence-corrected chi connectivity index (χ2v) is 9.21. The molecule has 0 bridgehead atoms. The van der Waals surface area contributed by atoms with E-state index in [1.807, 2.05) is 19.0 Å². The van der Waals surface area contributed by atoms with E-state index in [1.165, 1.54) is 19.2 Å². The number of hydroxylamine groups is 1. The molecular weight excluding hydrogens is 370 g/mol. The quantitative estimate of drug-likeness (QED) is 0.480. The maximum absolute atomic E-state index is 13.4. The third kappa shape index (κ3) is 6.17. The van der Waals surface area contributed by atoms with Crippen molar-refractivity contribution in [2.45, 2.75) is 38.1 Å². The van der Waals surface area contributed by atoms with Gasteiger partial charge in [-0.15, -0.1) is 0 Å². The molecule has 0 saturated heterocycles. The number of hydrogen-bond acceptors (Lipinski definition) is 6. The van der Waals surface area contributed by atoms with Crippen molar-refractivity contribution in [2.75, 3.05) is 34.3 Å². The van der Waals surface area contributed by atoms with E-state index in [4.69, 9.17) is 6.11 Å². The number of benzene rings is 1. The SMILES string of the molecule is [2H]CC(C)(C)[C@@H](C(=O)NO)N(CCCN(C)C)S(=O)(=O)c1cccc(OC)c1. The summed E-state index contributed by atoms with van der Waals surface area (Å²) < 4.78 is 40.9. The van der Waals surface area contributed by atoms with Gasteiger partial charge in [0.05, 0.1) is 12.0 Å². The number of carbonyl (C=O) groups is 1. The molecule has 0 aliphatic heterocycles. The molecule has 0 radical (unpaired) electrons. The van der Waals surface area contributed by atoms with Crippen LogP contribution < -0.4 is 10.2 Å². The molecule has 1 rings (SSSR count). The fraction of sp³-hybridized carbons (Fsp3) is 0.611. The summed E-state index contributed by atoms with van der Waals surface area (Å²) in [6.07, 6.45) is 0.472. The topological polar surface area (TPSA) is 99.2 Å². The standard InChI is InChI=1S/C18H31N3O5S/c1-18(2,3)16(17(22)19-23)21(12-8-11-20(4)5)27(24,25)15-10-7-9-14(13-15)26-6/h7,9-10,13,16,23H,8,11-12H2,1-6H3,(H,19,22)/t16-/m1/s1/i1D. The zero-order valence-corrected chi connectivity index (χ0v) is 17.4. The second-order valence-electron chi connectivity index (χ2n) is 7.32. The van der Waals surface area contributed by atoms with Crippen LogP contribution in [0.3, 0.4) is 0 Å². The van der Waals surface area contributed by atoms with E-state index < -0.39 is 27.4 Å². The van der Waals surface area contributed by atoms with E-state index in [9.17, 15) is 18.4 Å². The van der Waals surface area contributed by atoms with Gasteiger partial charge in [-0.3, -0.25) is 10.0 Å². The molecule has 1 aromatic rings. The van der Waals surface area contributed by atoms with E-state index in [2.05, 4.69) is 0 Å². The molecule has 0 aliphatic carbocycles. The van der Waals surface area contributed by atoms with E-state index in [-0.39, 0.29) is 18.3 Å². The van der Waals surface area contributed by atoms with Crippen molar-refractivity contribution in [3.05, 3.63) is 24.3 Å². The number of ether oxygens (including phenoxy) is 1. The van der Waals surface area contributed by atoms with Gasteiger partial charge in [0.2, 0.25) is 10.0 Å². The number of nitrogens with zero attached hydrogens (tertiary/aromatic N) is 2. The lowest BCUT2D eigenvalue weighted by Gasteiger charge is -2.37. The highest BCUT2D eigenvalue weighted by Gasteiger charge is 2.42. The number of nitrogens with one attached hydrogen (secondary N) is 1. The zero-order chi connectivity index (χ0) is 21.5. The molecule has 0 heterocycles. The number of rotatable bonds is 9. The Morgan fingerprint density at radius 3 is 2.56 bits per heavy atom. The molecule has 0 aromatic heterocycles. The molecule has 27 heavy (non-hydrogen) atoms. The average Bonchev–Trinajstić information content (AvgIpc) is 2.66. The van der Waals surface area contributed by atoms with Gasteiger partial charge in [-0.1, -0.05) is 26.8 Å². The van der Waals surface area contributed by atoms with Crippen LogP contribution in [-0.4, -0.2) is 69.1 Å². The molecule has 1 amide bonds. The van der Waals surface area contributed by atoms with Crippen LogP contribution >= 0.6 is 0 Å². The zero-order valence-electron chi connectivity index (χ0n) is 17.6. The van der Waals surface area contributed by atoms with Crippen LogP contribution in [0.1, 0.15) is 28.5 Å². The van der Waals surface area contributed by atoms with Crippen LogP contribution in [-0.2, 0) is 14.8 Å². The molecule has 154 valence electrons. The maximum Gasteiger partial charge on any atom is 0.262 e. The number of amides is 1. The lowest BCUT2D eigenvalue weighted by molar-refractivity contribution is -0.136.